The fraction of sp³-hybridized carbons (Fsp3) is 0.941. The van der Waals surface area contributed by atoms with Crippen LogP contribution in [0, 0.1) is 5.92 Å². The van der Waals surface area contributed by atoms with E-state index in [1.807, 2.05) is 20.8 Å². The molecule has 1 heterocycles. The Morgan fingerprint density at radius 1 is 1.18 bits per heavy atom. The quantitative estimate of drug-likeness (QED) is 0.818. The van der Waals surface area contributed by atoms with Gasteiger partial charge in [0.15, 0.2) is 0 Å². The Morgan fingerprint density at radius 3 is 2.41 bits per heavy atom. The Labute approximate surface area is 135 Å². The van der Waals surface area contributed by atoms with Crippen molar-refractivity contribution < 1.29 is 9.53 Å². The summed E-state index contributed by atoms with van der Waals surface area (Å²) < 4.78 is 5.27. The molecule has 1 aliphatic carbocycles. The third kappa shape index (κ3) is 6.13. The standard InChI is InChI=1S/C17H33N3O2/c1-17(2,3)22-16(21)19-15-11-14(12-15)18-8-5-13-6-9-20(4)10-7-13/h13-15,18H,5-12H2,1-4H3,(H,19,21). The molecule has 22 heavy (non-hydrogen) atoms. The van der Waals surface area contributed by atoms with Crippen LogP contribution in [-0.2, 0) is 4.74 Å². The normalized spacial score (nSPS) is 27.3. The second kappa shape index (κ2) is 7.64. The van der Waals surface area contributed by atoms with Crippen LogP contribution < -0.4 is 10.6 Å². The molecule has 0 aromatic heterocycles. The van der Waals surface area contributed by atoms with Gasteiger partial charge in [-0.2, -0.15) is 0 Å². The van der Waals surface area contributed by atoms with Crippen LogP contribution >= 0.6 is 0 Å². The van der Waals surface area contributed by atoms with E-state index in [2.05, 4.69) is 22.6 Å². The maximum Gasteiger partial charge on any atom is 0.407 e. The van der Waals surface area contributed by atoms with Crippen LogP contribution in [0.1, 0.15) is 52.9 Å². The molecule has 1 aliphatic heterocycles. The van der Waals surface area contributed by atoms with Crippen molar-refractivity contribution in [1.29, 1.82) is 0 Å². The first-order valence-corrected chi connectivity index (χ1v) is 8.73. The van der Waals surface area contributed by atoms with Crippen molar-refractivity contribution in [3.63, 3.8) is 0 Å². The lowest BCUT2D eigenvalue weighted by atomic mass is 9.86. The number of hydrogen-bond acceptors (Lipinski definition) is 4. The lowest BCUT2D eigenvalue weighted by Gasteiger charge is -2.37. The van der Waals surface area contributed by atoms with Crippen LogP contribution in [0.4, 0.5) is 4.79 Å². The molecule has 0 bridgehead atoms. The molecule has 2 aliphatic rings. The van der Waals surface area contributed by atoms with Gasteiger partial charge in [0.1, 0.15) is 5.60 Å². The monoisotopic (exact) mass is 311 g/mol. The summed E-state index contributed by atoms with van der Waals surface area (Å²) in [5.74, 6) is 0.888. The van der Waals surface area contributed by atoms with Crippen molar-refractivity contribution in [2.75, 3.05) is 26.7 Å². The van der Waals surface area contributed by atoms with E-state index in [0.717, 1.165) is 25.3 Å². The van der Waals surface area contributed by atoms with Crippen LogP contribution in [0.5, 0.6) is 0 Å². The van der Waals surface area contributed by atoms with Crippen molar-refractivity contribution in [2.24, 2.45) is 5.92 Å². The van der Waals surface area contributed by atoms with Crippen molar-refractivity contribution >= 4 is 6.09 Å². The fourth-order valence-corrected chi connectivity index (χ4v) is 3.22. The van der Waals surface area contributed by atoms with E-state index in [1.54, 1.807) is 0 Å². The number of amides is 1. The SMILES string of the molecule is CN1CCC(CCNC2CC(NC(=O)OC(C)(C)C)C2)CC1. The van der Waals surface area contributed by atoms with Gasteiger partial charge in [-0.05, 0) is 85.5 Å². The molecule has 1 saturated carbocycles. The summed E-state index contributed by atoms with van der Waals surface area (Å²) in [7, 11) is 2.21. The first-order chi connectivity index (χ1) is 10.3. The minimum atomic E-state index is -0.417. The van der Waals surface area contributed by atoms with Gasteiger partial charge in [-0.25, -0.2) is 4.79 Å². The molecular formula is C17H33N3O2. The number of hydrogen-bond donors (Lipinski definition) is 2. The lowest BCUT2D eigenvalue weighted by Crippen LogP contribution is -2.53. The second-order valence-electron chi connectivity index (χ2n) is 8.00. The first kappa shape index (κ1) is 17.5. The van der Waals surface area contributed by atoms with Gasteiger partial charge in [-0.3, -0.25) is 0 Å². The van der Waals surface area contributed by atoms with Crippen molar-refractivity contribution in [3.8, 4) is 0 Å². The molecule has 0 spiro atoms. The zero-order valence-electron chi connectivity index (χ0n) is 14.7. The molecule has 5 heteroatoms. The number of carbonyl (C=O) groups excluding carboxylic acids is 1. The van der Waals surface area contributed by atoms with Gasteiger partial charge in [0, 0.05) is 12.1 Å². The third-order valence-corrected chi connectivity index (χ3v) is 4.68. The second-order valence-corrected chi connectivity index (χ2v) is 8.00. The summed E-state index contributed by atoms with van der Waals surface area (Å²) in [5.41, 5.74) is -0.417. The summed E-state index contributed by atoms with van der Waals surface area (Å²) in [6, 6.07) is 0.835. The summed E-state index contributed by atoms with van der Waals surface area (Å²) in [6.07, 6.45) is 5.72. The summed E-state index contributed by atoms with van der Waals surface area (Å²) in [5, 5.41) is 6.56. The number of nitrogens with zero attached hydrogens (tertiary/aromatic N) is 1. The highest BCUT2D eigenvalue weighted by Gasteiger charge is 2.31. The van der Waals surface area contributed by atoms with Crippen LogP contribution in [0.15, 0.2) is 0 Å². The topological polar surface area (TPSA) is 53.6 Å². The van der Waals surface area contributed by atoms with Crippen LogP contribution in [0.2, 0.25) is 0 Å². The molecule has 0 aromatic rings. The molecule has 0 unspecified atom stereocenters. The third-order valence-electron chi connectivity index (χ3n) is 4.68. The zero-order chi connectivity index (χ0) is 16.2. The number of piperidine rings is 1. The Balaban J connectivity index is 1.50. The zero-order valence-corrected chi connectivity index (χ0v) is 14.7. The number of nitrogens with one attached hydrogen (secondary N) is 2. The van der Waals surface area contributed by atoms with Gasteiger partial charge in [0.25, 0.3) is 0 Å². The van der Waals surface area contributed by atoms with Crippen molar-refractivity contribution in [1.82, 2.24) is 15.5 Å². The number of likely N-dealkylation sites (tertiary alicyclic amines) is 1. The summed E-state index contributed by atoms with van der Waals surface area (Å²) >= 11 is 0. The van der Waals surface area contributed by atoms with Crippen molar-refractivity contribution in [2.45, 2.75) is 70.6 Å². The maximum atomic E-state index is 11.7. The minimum absolute atomic E-state index is 0.274. The van der Waals surface area contributed by atoms with E-state index in [4.69, 9.17) is 4.74 Å². The molecule has 5 nitrogen and oxygen atoms in total. The molecule has 1 saturated heterocycles. The highest BCUT2D eigenvalue weighted by atomic mass is 16.6. The smallest absolute Gasteiger partial charge is 0.407 e. The Morgan fingerprint density at radius 2 is 1.82 bits per heavy atom. The largest absolute Gasteiger partial charge is 0.444 e. The van der Waals surface area contributed by atoms with E-state index < -0.39 is 5.60 Å². The van der Waals surface area contributed by atoms with E-state index in [1.165, 1.54) is 32.4 Å². The number of carbonyl (C=O) groups is 1. The van der Waals surface area contributed by atoms with Crippen LogP contribution in [0.25, 0.3) is 0 Å². The fourth-order valence-electron chi connectivity index (χ4n) is 3.22. The first-order valence-electron chi connectivity index (χ1n) is 8.73. The molecule has 2 fully saturated rings. The van der Waals surface area contributed by atoms with Gasteiger partial charge >= 0.3 is 6.09 Å². The summed E-state index contributed by atoms with van der Waals surface area (Å²) in [4.78, 5) is 14.1. The maximum absolute atomic E-state index is 11.7. The van der Waals surface area contributed by atoms with E-state index in [9.17, 15) is 4.79 Å². The molecule has 0 aromatic carbocycles. The van der Waals surface area contributed by atoms with Crippen LogP contribution in [0.3, 0.4) is 0 Å². The predicted molar refractivity (Wildman–Crippen MR) is 89.0 cm³/mol. The molecule has 1 amide bonds. The predicted octanol–water partition coefficient (Wildman–Crippen LogP) is 2.36. The average molecular weight is 311 g/mol. The Hall–Kier alpha value is -0.810. The molecule has 128 valence electrons. The average Bonchev–Trinajstić information content (AvgIpc) is 2.35. The van der Waals surface area contributed by atoms with Crippen LogP contribution in [-0.4, -0.2) is 55.4 Å². The number of rotatable bonds is 5. The lowest BCUT2D eigenvalue weighted by molar-refractivity contribution is 0.0465. The van der Waals surface area contributed by atoms with Gasteiger partial charge in [-0.15, -0.1) is 0 Å². The Bertz CT molecular complexity index is 353. The van der Waals surface area contributed by atoms with Gasteiger partial charge in [0.2, 0.25) is 0 Å². The van der Waals surface area contributed by atoms with Gasteiger partial charge in [-0.1, -0.05) is 0 Å². The molecular weight excluding hydrogens is 278 g/mol. The highest BCUT2D eigenvalue weighted by molar-refractivity contribution is 5.68. The Kier molecular flexibility index (Phi) is 6.09. The van der Waals surface area contributed by atoms with E-state index in [0.29, 0.717) is 6.04 Å². The van der Waals surface area contributed by atoms with Crippen molar-refractivity contribution in [3.05, 3.63) is 0 Å². The summed E-state index contributed by atoms with van der Waals surface area (Å²) in [6.45, 7) is 9.27. The molecule has 0 radical (unpaired) electrons. The molecule has 0 atom stereocenters. The van der Waals surface area contributed by atoms with Gasteiger partial charge in [0.05, 0.1) is 0 Å². The molecule has 2 rings (SSSR count). The van der Waals surface area contributed by atoms with E-state index >= 15 is 0 Å². The molecule has 2 N–H and O–H groups in total. The number of ether oxygens (including phenoxy) is 1. The highest BCUT2D eigenvalue weighted by Crippen LogP contribution is 2.22. The van der Waals surface area contributed by atoms with Gasteiger partial charge < -0.3 is 20.3 Å². The minimum Gasteiger partial charge on any atom is -0.444 e. The van der Waals surface area contributed by atoms with E-state index in [-0.39, 0.29) is 12.1 Å². The number of alkyl carbamates (subject to hydrolysis) is 1.